The van der Waals surface area contributed by atoms with E-state index in [9.17, 15) is 13.6 Å². The van der Waals surface area contributed by atoms with Gasteiger partial charge in [0.25, 0.3) is 0 Å². The van der Waals surface area contributed by atoms with Gasteiger partial charge >= 0.3 is 0 Å². The number of nitrogens with one attached hydrogen (secondary N) is 1. The van der Waals surface area contributed by atoms with Crippen molar-refractivity contribution >= 4 is 17.5 Å². The number of hydroxylamine groups is 1. The fourth-order valence-electron chi connectivity index (χ4n) is 2.88. The predicted molar refractivity (Wildman–Crippen MR) is 94.2 cm³/mol. The van der Waals surface area contributed by atoms with Gasteiger partial charge in [-0.25, -0.2) is 14.3 Å². The lowest BCUT2D eigenvalue weighted by Crippen LogP contribution is -2.32. The first kappa shape index (κ1) is 20.3. The van der Waals surface area contributed by atoms with Gasteiger partial charge in [0, 0.05) is 23.6 Å². The van der Waals surface area contributed by atoms with Crippen LogP contribution >= 0.6 is 11.6 Å². The molecule has 140 valence electrons. The highest BCUT2D eigenvalue weighted by Gasteiger charge is 2.29. The Morgan fingerprint density at radius 3 is 2.50 bits per heavy atom. The van der Waals surface area contributed by atoms with Gasteiger partial charge in [-0.2, -0.15) is 0 Å². The minimum atomic E-state index is -0.710. The van der Waals surface area contributed by atoms with Gasteiger partial charge in [-0.1, -0.05) is 29.8 Å². The Kier molecular flexibility index (Phi) is 7.50. The van der Waals surface area contributed by atoms with Crippen LogP contribution in [0.3, 0.4) is 0 Å². The fraction of sp³-hybridized carbons (Fsp3) is 0.316. The molecule has 2 N–H and O–H groups in total. The molecule has 0 saturated heterocycles. The fourth-order valence-corrected chi connectivity index (χ4v) is 3.00. The van der Waals surface area contributed by atoms with E-state index in [1.807, 2.05) is 0 Å². The van der Waals surface area contributed by atoms with E-state index < -0.39 is 29.6 Å². The van der Waals surface area contributed by atoms with E-state index in [-0.39, 0.29) is 12.0 Å². The van der Waals surface area contributed by atoms with Gasteiger partial charge in [0.05, 0.1) is 12.5 Å². The van der Waals surface area contributed by atoms with E-state index in [1.165, 1.54) is 12.1 Å². The molecule has 4 nitrogen and oxygen atoms in total. The van der Waals surface area contributed by atoms with Crippen molar-refractivity contribution in [2.45, 2.75) is 31.8 Å². The molecular formula is C19H20ClF2NO3. The molecule has 2 rings (SSSR count). The average molecular weight is 384 g/mol. The van der Waals surface area contributed by atoms with Crippen molar-refractivity contribution in [3.63, 3.8) is 0 Å². The summed E-state index contributed by atoms with van der Waals surface area (Å²) in [6.45, 7) is 2.05. The highest BCUT2D eigenvalue weighted by atomic mass is 35.5. The number of ether oxygens (including phenoxy) is 1. The third-order valence-corrected chi connectivity index (χ3v) is 4.32. The Morgan fingerprint density at radius 1 is 1.23 bits per heavy atom. The average Bonchev–Trinajstić information content (AvgIpc) is 2.61. The highest BCUT2D eigenvalue weighted by molar-refractivity contribution is 6.30. The summed E-state index contributed by atoms with van der Waals surface area (Å²) in [5, 5.41) is 9.39. The molecule has 2 atom stereocenters. The highest BCUT2D eigenvalue weighted by Crippen LogP contribution is 2.31. The van der Waals surface area contributed by atoms with Gasteiger partial charge in [0.15, 0.2) is 0 Å². The second kappa shape index (κ2) is 9.62. The molecule has 0 aliphatic carbocycles. The molecule has 0 aliphatic heterocycles. The van der Waals surface area contributed by atoms with Crippen LogP contribution in [0.1, 0.15) is 30.4 Å². The smallest absolute Gasteiger partial charge is 0.245 e. The predicted octanol–water partition coefficient (Wildman–Crippen LogP) is 4.25. The van der Waals surface area contributed by atoms with Gasteiger partial charge in [0.1, 0.15) is 11.6 Å². The molecule has 0 aromatic heterocycles. The van der Waals surface area contributed by atoms with E-state index >= 15 is 0 Å². The summed E-state index contributed by atoms with van der Waals surface area (Å²) >= 11 is 5.90. The van der Waals surface area contributed by atoms with Crippen LogP contribution in [0.4, 0.5) is 8.78 Å². The van der Waals surface area contributed by atoms with Crippen LogP contribution in [-0.2, 0) is 16.0 Å². The number of amides is 1. The summed E-state index contributed by atoms with van der Waals surface area (Å²) in [6, 6.07) is 10.4. The largest absolute Gasteiger partial charge is 0.377 e. The molecular weight excluding hydrogens is 364 g/mol. The first-order valence-electron chi connectivity index (χ1n) is 8.18. The third kappa shape index (κ3) is 5.49. The number of halogens is 3. The van der Waals surface area contributed by atoms with Crippen molar-refractivity contribution < 1.29 is 23.5 Å². The van der Waals surface area contributed by atoms with Crippen LogP contribution in [-0.4, -0.2) is 23.8 Å². The summed E-state index contributed by atoms with van der Waals surface area (Å²) in [6.07, 6.45) is -0.523. The molecule has 1 amide bonds. The van der Waals surface area contributed by atoms with E-state index in [1.54, 1.807) is 36.7 Å². The zero-order chi connectivity index (χ0) is 19.1. The maximum atomic E-state index is 14.4. The van der Waals surface area contributed by atoms with E-state index in [4.69, 9.17) is 21.5 Å². The molecule has 2 aromatic rings. The number of carbonyl (C=O) groups is 1. The molecule has 2 aromatic carbocycles. The number of benzene rings is 2. The Labute approximate surface area is 155 Å². The van der Waals surface area contributed by atoms with E-state index in [2.05, 4.69) is 0 Å². The molecule has 2 unspecified atom stereocenters. The molecule has 0 heterocycles. The molecule has 0 spiro atoms. The number of rotatable bonds is 8. The standard InChI is InChI=1S/C19H20ClF2NO3/c1-2-26-18(11-19(24)23-25)16(9-12-3-5-13(20)6-4-12)15-8-7-14(21)10-17(15)22/h3-8,10,16,18,25H,2,9,11H2,1H3,(H,23,24). The topological polar surface area (TPSA) is 58.6 Å². The lowest BCUT2D eigenvalue weighted by molar-refractivity contribution is -0.132. The second-order valence-electron chi connectivity index (χ2n) is 5.84. The first-order valence-corrected chi connectivity index (χ1v) is 8.56. The first-order chi connectivity index (χ1) is 12.4. The Bertz CT molecular complexity index is 740. The molecule has 0 radical (unpaired) electrons. The Morgan fingerprint density at radius 2 is 1.92 bits per heavy atom. The quantitative estimate of drug-likeness (QED) is 0.529. The summed E-state index contributed by atoms with van der Waals surface area (Å²) < 4.78 is 33.4. The third-order valence-electron chi connectivity index (χ3n) is 4.07. The maximum Gasteiger partial charge on any atom is 0.245 e. The monoisotopic (exact) mass is 383 g/mol. The number of carbonyl (C=O) groups excluding carboxylic acids is 1. The van der Waals surface area contributed by atoms with Crippen LogP contribution in [0.15, 0.2) is 42.5 Å². The van der Waals surface area contributed by atoms with Gasteiger partial charge in [-0.3, -0.25) is 10.0 Å². The number of hydrogen-bond acceptors (Lipinski definition) is 3. The molecule has 7 heteroatoms. The van der Waals surface area contributed by atoms with Gasteiger partial charge < -0.3 is 4.74 Å². The van der Waals surface area contributed by atoms with Crippen molar-refractivity contribution in [3.05, 3.63) is 70.2 Å². The van der Waals surface area contributed by atoms with Crippen LogP contribution in [0.25, 0.3) is 0 Å². The van der Waals surface area contributed by atoms with E-state index in [0.717, 1.165) is 11.6 Å². The summed E-state index contributed by atoms with van der Waals surface area (Å²) in [7, 11) is 0. The van der Waals surface area contributed by atoms with Crippen molar-refractivity contribution in [2.24, 2.45) is 0 Å². The van der Waals surface area contributed by atoms with Crippen LogP contribution < -0.4 is 5.48 Å². The minimum absolute atomic E-state index is 0.167. The Hall–Kier alpha value is -2.02. The van der Waals surface area contributed by atoms with Crippen molar-refractivity contribution in [3.8, 4) is 0 Å². The van der Waals surface area contributed by atoms with Crippen molar-refractivity contribution in [1.29, 1.82) is 0 Å². The SMILES string of the molecule is CCOC(CC(=O)NO)C(Cc1ccc(Cl)cc1)c1ccc(F)cc1F. The molecule has 0 saturated carbocycles. The zero-order valence-corrected chi connectivity index (χ0v) is 15.0. The van der Waals surface area contributed by atoms with Gasteiger partial charge in [-0.15, -0.1) is 0 Å². The van der Waals surface area contributed by atoms with Crippen molar-refractivity contribution in [2.75, 3.05) is 6.61 Å². The van der Waals surface area contributed by atoms with Crippen LogP contribution in [0, 0.1) is 11.6 Å². The van der Waals surface area contributed by atoms with Crippen molar-refractivity contribution in [1.82, 2.24) is 5.48 Å². The zero-order valence-electron chi connectivity index (χ0n) is 14.2. The van der Waals surface area contributed by atoms with Gasteiger partial charge in [-0.05, 0) is 42.7 Å². The Balaban J connectivity index is 2.40. The lowest BCUT2D eigenvalue weighted by atomic mass is 9.85. The van der Waals surface area contributed by atoms with Gasteiger partial charge in [0.2, 0.25) is 5.91 Å². The summed E-state index contributed by atoms with van der Waals surface area (Å²) in [5.41, 5.74) is 2.66. The van der Waals surface area contributed by atoms with E-state index in [0.29, 0.717) is 18.1 Å². The van der Waals surface area contributed by atoms with Crippen LogP contribution in [0.2, 0.25) is 5.02 Å². The number of hydrogen-bond donors (Lipinski definition) is 2. The second-order valence-corrected chi connectivity index (χ2v) is 6.27. The lowest BCUT2D eigenvalue weighted by Gasteiger charge is -2.27. The normalized spacial score (nSPS) is 13.3. The minimum Gasteiger partial charge on any atom is -0.377 e. The summed E-state index contributed by atoms with van der Waals surface area (Å²) in [5.74, 6) is -2.60. The summed E-state index contributed by atoms with van der Waals surface area (Å²) in [4.78, 5) is 11.7. The molecule has 0 aliphatic rings. The maximum absolute atomic E-state index is 14.4. The molecule has 26 heavy (non-hydrogen) atoms. The van der Waals surface area contributed by atoms with Crippen LogP contribution in [0.5, 0.6) is 0 Å². The molecule has 0 fully saturated rings. The molecule has 0 bridgehead atoms.